The van der Waals surface area contributed by atoms with E-state index in [4.69, 9.17) is 9.15 Å². The average molecular weight is 475 g/mol. The zero-order valence-electron chi connectivity index (χ0n) is 19.6. The van der Waals surface area contributed by atoms with Crippen LogP contribution in [0.1, 0.15) is 38.1 Å². The molecule has 0 radical (unpaired) electrons. The number of furan rings is 1. The molecule has 8 heteroatoms. The Balaban J connectivity index is 1.78. The molecule has 1 saturated heterocycles. The van der Waals surface area contributed by atoms with Crippen LogP contribution >= 0.6 is 0 Å². The summed E-state index contributed by atoms with van der Waals surface area (Å²) in [6.45, 7) is 5.94. The second-order valence-corrected chi connectivity index (χ2v) is 8.65. The van der Waals surface area contributed by atoms with Gasteiger partial charge in [-0.15, -0.1) is 0 Å². The number of ketones is 1. The molecule has 3 aromatic rings. The number of hydrogen-bond donors (Lipinski definition) is 2. The van der Waals surface area contributed by atoms with Crippen LogP contribution in [0.5, 0.6) is 5.75 Å². The number of hydrogen-bond acceptors (Lipinski definition) is 6. The molecule has 1 aromatic heterocycles. The Morgan fingerprint density at radius 3 is 2.49 bits per heavy atom. The van der Waals surface area contributed by atoms with Crippen LogP contribution in [-0.4, -0.2) is 29.3 Å². The highest BCUT2D eigenvalue weighted by Crippen LogP contribution is 2.42. The summed E-state index contributed by atoms with van der Waals surface area (Å²) in [5.41, 5.74) is 1.22. The summed E-state index contributed by atoms with van der Waals surface area (Å²) in [5, 5.41) is 13.9. The van der Waals surface area contributed by atoms with Gasteiger partial charge in [0.1, 0.15) is 23.3 Å². The van der Waals surface area contributed by atoms with Crippen molar-refractivity contribution in [3.05, 3.63) is 83.8 Å². The Labute approximate surface area is 202 Å². The molecule has 8 nitrogen and oxygen atoms in total. The Bertz CT molecular complexity index is 1280. The van der Waals surface area contributed by atoms with Crippen molar-refractivity contribution in [2.24, 2.45) is 5.92 Å². The van der Waals surface area contributed by atoms with Crippen LogP contribution in [0.3, 0.4) is 0 Å². The second-order valence-electron chi connectivity index (χ2n) is 8.65. The fourth-order valence-electron chi connectivity index (χ4n) is 3.88. The number of carbonyl (C=O) groups excluding carboxylic acids is 3. The number of benzene rings is 2. The van der Waals surface area contributed by atoms with Gasteiger partial charge in [0.15, 0.2) is 0 Å². The van der Waals surface area contributed by atoms with Gasteiger partial charge in [-0.25, -0.2) is 0 Å². The van der Waals surface area contributed by atoms with Crippen molar-refractivity contribution in [1.82, 2.24) is 0 Å². The van der Waals surface area contributed by atoms with Crippen LogP contribution in [0, 0.1) is 5.92 Å². The van der Waals surface area contributed by atoms with E-state index in [9.17, 15) is 19.5 Å². The quantitative estimate of drug-likeness (QED) is 0.286. The molecule has 1 aliphatic rings. The lowest BCUT2D eigenvalue weighted by atomic mass is 9.99. The van der Waals surface area contributed by atoms with E-state index in [0.717, 1.165) is 0 Å². The Morgan fingerprint density at radius 1 is 1.11 bits per heavy atom. The summed E-state index contributed by atoms with van der Waals surface area (Å²) in [7, 11) is 0. The van der Waals surface area contributed by atoms with E-state index in [1.807, 2.05) is 13.8 Å². The van der Waals surface area contributed by atoms with Crippen LogP contribution in [0.25, 0.3) is 5.76 Å². The van der Waals surface area contributed by atoms with Crippen molar-refractivity contribution in [3.8, 4) is 5.75 Å². The molecular formula is C27H26N2O6. The topological polar surface area (TPSA) is 109 Å². The number of nitrogens with one attached hydrogen (secondary N) is 1. The third-order valence-electron chi connectivity index (χ3n) is 5.41. The fraction of sp³-hybridized carbons (Fsp3) is 0.222. The van der Waals surface area contributed by atoms with E-state index in [-0.39, 0.29) is 17.2 Å². The molecule has 2 N–H and O–H groups in total. The van der Waals surface area contributed by atoms with Crippen molar-refractivity contribution in [1.29, 1.82) is 0 Å². The maximum atomic E-state index is 13.2. The molecule has 1 fully saturated rings. The van der Waals surface area contributed by atoms with Gasteiger partial charge in [-0.2, -0.15) is 0 Å². The third-order valence-corrected chi connectivity index (χ3v) is 5.41. The number of ether oxygens (including phenoxy) is 1. The van der Waals surface area contributed by atoms with E-state index < -0.39 is 17.7 Å². The molecule has 4 rings (SSSR count). The van der Waals surface area contributed by atoms with E-state index in [1.165, 1.54) is 18.1 Å². The minimum absolute atomic E-state index is 0.0862. The molecule has 0 bridgehead atoms. The summed E-state index contributed by atoms with van der Waals surface area (Å²) in [6, 6.07) is 15.6. The highest BCUT2D eigenvalue weighted by Gasteiger charge is 2.48. The number of carbonyl (C=O) groups is 3. The van der Waals surface area contributed by atoms with Crippen molar-refractivity contribution in [2.45, 2.75) is 26.8 Å². The van der Waals surface area contributed by atoms with Gasteiger partial charge in [0.05, 0.1) is 18.4 Å². The van der Waals surface area contributed by atoms with E-state index in [1.54, 1.807) is 60.7 Å². The maximum Gasteiger partial charge on any atom is 0.300 e. The lowest BCUT2D eigenvalue weighted by Crippen LogP contribution is -2.29. The van der Waals surface area contributed by atoms with Gasteiger partial charge in [0, 0.05) is 23.9 Å². The number of nitrogens with zero attached hydrogens (tertiary/aromatic N) is 1. The first-order chi connectivity index (χ1) is 16.8. The molecule has 0 saturated carbocycles. The molecule has 0 aliphatic carbocycles. The van der Waals surface area contributed by atoms with Crippen LogP contribution in [0.4, 0.5) is 11.4 Å². The third kappa shape index (κ3) is 4.96. The zero-order valence-corrected chi connectivity index (χ0v) is 19.6. The monoisotopic (exact) mass is 474 g/mol. The first kappa shape index (κ1) is 23.8. The number of anilines is 2. The normalized spacial score (nSPS) is 17.1. The summed E-state index contributed by atoms with van der Waals surface area (Å²) in [4.78, 5) is 39.0. The fourth-order valence-corrected chi connectivity index (χ4v) is 3.88. The molecule has 2 heterocycles. The number of amides is 2. The maximum absolute atomic E-state index is 13.2. The second kappa shape index (κ2) is 9.89. The minimum Gasteiger partial charge on any atom is -0.507 e. The zero-order chi connectivity index (χ0) is 25.1. The Kier molecular flexibility index (Phi) is 6.73. The van der Waals surface area contributed by atoms with Gasteiger partial charge in [-0.1, -0.05) is 26.0 Å². The molecule has 0 spiro atoms. The number of rotatable bonds is 7. The summed E-state index contributed by atoms with van der Waals surface area (Å²) < 4.78 is 11.3. The van der Waals surface area contributed by atoms with Crippen LogP contribution < -0.4 is 15.0 Å². The molecule has 180 valence electrons. The predicted molar refractivity (Wildman–Crippen MR) is 131 cm³/mol. The molecule has 2 aromatic carbocycles. The lowest BCUT2D eigenvalue weighted by Gasteiger charge is -2.23. The number of Topliss-reactive ketones (excluding diaryl/α,β-unsaturated/α-hetero) is 1. The largest absolute Gasteiger partial charge is 0.507 e. The van der Waals surface area contributed by atoms with Gasteiger partial charge < -0.3 is 19.6 Å². The molecule has 1 atom stereocenters. The highest BCUT2D eigenvalue weighted by molar-refractivity contribution is 6.51. The number of aliphatic hydroxyl groups is 1. The molecule has 2 amide bonds. The van der Waals surface area contributed by atoms with Crippen LogP contribution in [-0.2, 0) is 14.4 Å². The number of aliphatic hydroxyl groups excluding tert-OH is 1. The van der Waals surface area contributed by atoms with Gasteiger partial charge in [-0.3, -0.25) is 19.3 Å². The van der Waals surface area contributed by atoms with Gasteiger partial charge in [-0.05, 0) is 54.4 Å². The van der Waals surface area contributed by atoms with E-state index in [2.05, 4.69) is 5.32 Å². The SMILES string of the molecule is CC(=O)Nc1ccc(N2C(=O)C(=O)/C(=C(\O)c3cccc(OCC(C)C)c3)C2c2ccco2)cc1. The first-order valence-electron chi connectivity index (χ1n) is 11.2. The average Bonchev–Trinajstić information content (AvgIpc) is 3.45. The van der Waals surface area contributed by atoms with Gasteiger partial charge >= 0.3 is 0 Å². The predicted octanol–water partition coefficient (Wildman–Crippen LogP) is 4.90. The van der Waals surface area contributed by atoms with Crippen molar-refractivity contribution in [3.63, 3.8) is 0 Å². The highest BCUT2D eigenvalue weighted by atomic mass is 16.5. The smallest absolute Gasteiger partial charge is 0.300 e. The molecule has 1 unspecified atom stereocenters. The molecular weight excluding hydrogens is 448 g/mol. The van der Waals surface area contributed by atoms with Gasteiger partial charge in [0.2, 0.25) is 5.91 Å². The van der Waals surface area contributed by atoms with Crippen molar-refractivity contribution in [2.75, 3.05) is 16.8 Å². The minimum atomic E-state index is -0.975. The van der Waals surface area contributed by atoms with Crippen molar-refractivity contribution >= 4 is 34.7 Å². The molecule has 1 aliphatic heterocycles. The molecule has 35 heavy (non-hydrogen) atoms. The van der Waals surface area contributed by atoms with Crippen LogP contribution in [0.2, 0.25) is 0 Å². The van der Waals surface area contributed by atoms with Gasteiger partial charge in [0.25, 0.3) is 11.7 Å². The first-order valence-corrected chi connectivity index (χ1v) is 11.2. The Hall–Kier alpha value is -4.33. The van der Waals surface area contributed by atoms with E-state index in [0.29, 0.717) is 41.0 Å². The summed E-state index contributed by atoms with van der Waals surface area (Å²) in [5.74, 6) is -1.00. The van der Waals surface area contributed by atoms with Crippen LogP contribution in [0.15, 0.2) is 76.9 Å². The van der Waals surface area contributed by atoms with E-state index >= 15 is 0 Å². The summed E-state index contributed by atoms with van der Waals surface area (Å²) in [6.07, 6.45) is 1.44. The van der Waals surface area contributed by atoms with Crippen molar-refractivity contribution < 1.29 is 28.6 Å². The Morgan fingerprint density at radius 2 is 1.86 bits per heavy atom. The summed E-state index contributed by atoms with van der Waals surface area (Å²) >= 11 is 0. The standard InChI is InChI=1S/C27H26N2O6/c1-16(2)15-35-21-7-4-6-18(14-21)25(31)23-24(22-8-5-13-34-22)29(27(33)26(23)32)20-11-9-19(10-12-20)28-17(3)30/h4-14,16,24,31H,15H2,1-3H3,(H,28,30)/b25-23-. The lowest BCUT2D eigenvalue weighted by molar-refractivity contribution is -0.132.